The number of carbonyl (C=O) groups is 1. The SMILES string of the molecule is O=C(/C=C/c1c(Cl)cccc1Cl)c1ccc2c(c1)OCCO2. The minimum absolute atomic E-state index is 0.159. The van der Waals surface area contributed by atoms with Gasteiger partial charge in [0.2, 0.25) is 0 Å². The molecule has 0 amide bonds. The third-order valence-corrected chi connectivity index (χ3v) is 3.89. The predicted octanol–water partition coefficient (Wildman–Crippen LogP) is 4.66. The van der Waals surface area contributed by atoms with Crippen molar-refractivity contribution in [1.29, 1.82) is 0 Å². The van der Waals surface area contributed by atoms with Crippen molar-refractivity contribution in [3.63, 3.8) is 0 Å². The van der Waals surface area contributed by atoms with Crippen LogP contribution in [0.5, 0.6) is 11.5 Å². The first-order valence-corrected chi connectivity index (χ1v) is 7.47. The fourth-order valence-electron chi connectivity index (χ4n) is 2.12. The lowest BCUT2D eigenvalue weighted by Gasteiger charge is -2.18. The smallest absolute Gasteiger partial charge is 0.185 e. The van der Waals surface area contributed by atoms with Crippen LogP contribution in [-0.2, 0) is 0 Å². The lowest BCUT2D eigenvalue weighted by Crippen LogP contribution is -2.15. The molecule has 22 heavy (non-hydrogen) atoms. The molecule has 112 valence electrons. The van der Waals surface area contributed by atoms with E-state index in [9.17, 15) is 4.79 Å². The van der Waals surface area contributed by atoms with E-state index in [1.54, 1.807) is 42.5 Å². The average Bonchev–Trinajstić information content (AvgIpc) is 2.53. The molecule has 0 saturated carbocycles. The van der Waals surface area contributed by atoms with E-state index in [1.807, 2.05) is 0 Å². The van der Waals surface area contributed by atoms with E-state index >= 15 is 0 Å². The lowest BCUT2D eigenvalue weighted by atomic mass is 10.1. The number of hydrogen-bond donors (Lipinski definition) is 0. The zero-order chi connectivity index (χ0) is 15.5. The summed E-state index contributed by atoms with van der Waals surface area (Å²) in [4.78, 5) is 12.3. The highest BCUT2D eigenvalue weighted by atomic mass is 35.5. The summed E-state index contributed by atoms with van der Waals surface area (Å²) in [6, 6.07) is 10.3. The summed E-state index contributed by atoms with van der Waals surface area (Å²) in [6.45, 7) is 1.00. The van der Waals surface area contributed by atoms with E-state index in [4.69, 9.17) is 32.7 Å². The number of ketones is 1. The molecule has 0 bridgehead atoms. The number of carbonyl (C=O) groups excluding carboxylic acids is 1. The molecule has 0 N–H and O–H groups in total. The minimum atomic E-state index is -0.159. The Morgan fingerprint density at radius 2 is 1.68 bits per heavy atom. The standard InChI is InChI=1S/C17H12Cl2O3/c18-13-2-1-3-14(19)12(13)5-6-15(20)11-4-7-16-17(10-11)22-9-8-21-16/h1-7,10H,8-9H2/b6-5+. The predicted molar refractivity (Wildman–Crippen MR) is 87.3 cm³/mol. The molecule has 0 aliphatic carbocycles. The van der Waals surface area contributed by atoms with Gasteiger partial charge in [-0.05, 0) is 42.5 Å². The van der Waals surface area contributed by atoms with Gasteiger partial charge in [-0.2, -0.15) is 0 Å². The van der Waals surface area contributed by atoms with E-state index in [-0.39, 0.29) is 5.78 Å². The molecule has 0 radical (unpaired) electrons. The minimum Gasteiger partial charge on any atom is -0.486 e. The van der Waals surface area contributed by atoms with E-state index in [0.29, 0.717) is 45.9 Å². The molecule has 1 aliphatic rings. The van der Waals surface area contributed by atoms with Gasteiger partial charge >= 0.3 is 0 Å². The molecule has 3 rings (SSSR count). The van der Waals surface area contributed by atoms with Crippen molar-refractivity contribution in [2.45, 2.75) is 0 Å². The molecular formula is C17H12Cl2O3. The Kier molecular flexibility index (Phi) is 4.36. The second kappa shape index (κ2) is 6.42. The molecule has 0 fully saturated rings. The second-order valence-corrected chi connectivity index (χ2v) is 5.51. The maximum absolute atomic E-state index is 12.3. The van der Waals surface area contributed by atoms with Gasteiger partial charge in [0.05, 0.1) is 0 Å². The van der Waals surface area contributed by atoms with Crippen LogP contribution >= 0.6 is 23.2 Å². The zero-order valence-corrected chi connectivity index (χ0v) is 13.0. The molecule has 0 aromatic heterocycles. The van der Waals surface area contributed by atoms with Crippen LogP contribution in [0.15, 0.2) is 42.5 Å². The molecular weight excluding hydrogens is 323 g/mol. The fourth-order valence-corrected chi connectivity index (χ4v) is 2.65. The van der Waals surface area contributed by atoms with Crippen molar-refractivity contribution in [3.8, 4) is 11.5 Å². The Balaban J connectivity index is 1.84. The maximum Gasteiger partial charge on any atom is 0.185 e. The van der Waals surface area contributed by atoms with E-state index in [0.717, 1.165) is 0 Å². The number of halogens is 2. The van der Waals surface area contributed by atoms with Crippen LogP contribution in [0.3, 0.4) is 0 Å². The van der Waals surface area contributed by atoms with E-state index in [1.165, 1.54) is 6.08 Å². The summed E-state index contributed by atoms with van der Waals surface area (Å²) in [5, 5.41) is 0.998. The highest BCUT2D eigenvalue weighted by Gasteiger charge is 2.14. The largest absolute Gasteiger partial charge is 0.486 e. The van der Waals surface area contributed by atoms with Gasteiger partial charge in [0.1, 0.15) is 13.2 Å². The van der Waals surface area contributed by atoms with Gasteiger partial charge in [-0.25, -0.2) is 0 Å². The van der Waals surface area contributed by atoms with Gasteiger partial charge in [-0.3, -0.25) is 4.79 Å². The van der Waals surface area contributed by atoms with Gasteiger partial charge in [-0.1, -0.05) is 29.3 Å². The monoisotopic (exact) mass is 334 g/mol. The van der Waals surface area contributed by atoms with Crippen LogP contribution in [0.1, 0.15) is 15.9 Å². The maximum atomic E-state index is 12.3. The van der Waals surface area contributed by atoms with Crippen molar-refractivity contribution >= 4 is 35.1 Å². The normalized spacial score (nSPS) is 13.4. The number of benzene rings is 2. The fraction of sp³-hybridized carbons (Fsp3) is 0.118. The molecule has 3 nitrogen and oxygen atoms in total. The highest BCUT2D eigenvalue weighted by Crippen LogP contribution is 2.31. The molecule has 1 aliphatic heterocycles. The summed E-state index contributed by atoms with van der Waals surface area (Å²) in [5.74, 6) is 1.08. The molecule has 5 heteroatoms. The third-order valence-electron chi connectivity index (χ3n) is 3.23. The molecule has 0 saturated heterocycles. The number of allylic oxidation sites excluding steroid dienone is 1. The van der Waals surface area contributed by atoms with Crippen molar-refractivity contribution < 1.29 is 14.3 Å². The van der Waals surface area contributed by atoms with Crippen LogP contribution in [0, 0.1) is 0 Å². The van der Waals surface area contributed by atoms with Crippen LogP contribution in [0.25, 0.3) is 6.08 Å². The molecule has 1 heterocycles. The van der Waals surface area contributed by atoms with Crippen LogP contribution in [-0.4, -0.2) is 19.0 Å². The molecule has 0 atom stereocenters. The van der Waals surface area contributed by atoms with E-state index < -0.39 is 0 Å². The lowest BCUT2D eigenvalue weighted by molar-refractivity contribution is 0.104. The molecule has 2 aromatic carbocycles. The first-order chi connectivity index (χ1) is 10.6. The quantitative estimate of drug-likeness (QED) is 0.604. The molecule has 0 spiro atoms. The average molecular weight is 335 g/mol. The summed E-state index contributed by atoms with van der Waals surface area (Å²) >= 11 is 12.1. The summed E-state index contributed by atoms with van der Waals surface area (Å²) in [6.07, 6.45) is 3.06. The van der Waals surface area contributed by atoms with Crippen molar-refractivity contribution in [2.24, 2.45) is 0 Å². The summed E-state index contributed by atoms with van der Waals surface area (Å²) in [5.41, 5.74) is 1.14. The Labute approximate surface area is 138 Å². The first kappa shape index (κ1) is 14.9. The highest BCUT2D eigenvalue weighted by molar-refractivity contribution is 6.37. The zero-order valence-electron chi connectivity index (χ0n) is 11.5. The van der Waals surface area contributed by atoms with Crippen molar-refractivity contribution in [1.82, 2.24) is 0 Å². The summed E-state index contributed by atoms with van der Waals surface area (Å²) in [7, 11) is 0. The Morgan fingerprint density at radius 1 is 1.00 bits per heavy atom. The second-order valence-electron chi connectivity index (χ2n) is 4.69. The van der Waals surface area contributed by atoms with Gasteiger partial charge in [0.25, 0.3) is 0 Å². The Hall–Kier alpha value is -1.97. The van der Waals surface area contributed by atoms with Gasteiger partial charge in [-0.15, -0.1) is 0 Å². The van der Waals surface area contributed by atoms with Gasteiger partial charge < -0.3 is 9.47 Å². The topological polar surface area (TPSA) is 35.5 Å². The first-order valence-electron chi connectivity index (χ1n) is 6.71. The number of hydrogen-bond acceptors (Lipinski definition) is 3. The number of fused-ring (bicyclic) bond motifs is 1. The molecule has 2 aromatic rings. The van der Waals surface area contributed by atoms with Crippen LogP contribution in [0.2, 0.25) is 10.0 Å². The van der Waals surface area contributed by atoms with Gasteiger partial charge in [0, 0.05) is 21.2 Å². The summed E-state index contributed by atoms with van der Waals surface area (Å²) < 4.78 is 10.9. The van der Waals surface area contributed by atoms with Crippen molar-refractivity contribution in [3.05, 3.63) is 63.6 Å². The Bertz CT molecular complexity index is 733. The number of rotatable bonds is 3. The number of ether oxygens (including phenoxy) is 2. The van der Waals surface area contributed by atoms with Crippen molar-refractivity contribution in [2.75, 3.05) is 13.2 Å². The van der Waals surface area contributed by atoms with Gasteiger partial charge in [0.15, 0.2) is 17.3 Å². The third kappa shape index (κ3) is 3.11. The molecule has 0 unspecified atom stereocenters. The van der Waals surface area contributed by atoms with E-state index in [2.05, 4.69) is 0 Å². The Morgan fingerprint density at radius 3 is 2.41 bits per heavy atom. The van der Waals surface area contributed by atoms with Crippen LogP contribution in [0.4, 0.5) is 0 Å². The van der Waals surface area contributed by atoms with Crippen LogP contribution < -0.4 is 9.47 Å².